The minimum absolute atomic E-state index is 0.0903. The lowest BCUT2D eigenvalue weighted by Gasteiger charge is -2.39. The maximum Gasteiger partial charge on any atom is 0.227 e. The Morgan fingerprint density at radius 2 is 2.00 bits per heavy atom. The summed E-state index contributed by atoms with van der Waals surface area (Å²) >= 11 is 1.69. The minimum atomic E-state index is -0.153. The Labute approximate surface area is 117 Å². The van der Waals surface area contributed by atoms with Crippen molar-refractivity contribution < 1.29 is 4.79 Å². The Morgan fingerprint density at radius 1 is 1.32 bits per heavy atom. The fourth-order valence-corrected chi connectivity index (χ4v) is 3.15. The molecule has 1 amide bonds. The maximum atomic E-state index is 12.0. The number of nitrogens with one attached hydrogen (secondary N) is 1. The van der Waals surface area contributed by atoms with Crippen LogP contribution in [0.2, 0.25) is 0 Å². The SMILES string of the molecule is CC(C)(C)NC(=O)C1CN(c2nnc(C3CC3)s2)C1. The van der Waals surface area contributed by atoms with Gasteiger partial charge in [0.1, 0.15) is 5.01 Å². The van der Waals surface area contributed by atoms with Gasteiger partial charge in [0.15, 0.2) is 0 Å². The van der Waals surface area contributed by atoms with Crippen LogP contribution in [0.15, 0.2) is 0 Å². The third-order valence-corrected chi connectivity index (χ3v) is 4.52. The zero-order chi connectivity index (χ0) is 13.6. The van der Waals surface area contributed by atoms with E-state index in [-0.39, 0.29) is 17.4 Å². The zero-order valence-corrected chi connectivity index (χ0v) is 12.5. The third kappa shape index (κ3) is 2.88. The minimum Gasteiger partial charge on any atom is -0.351 e. The van der Waals surface area contributed by atoms with Crippen LogP contribution in [0.3, 0.4) is 0 Å². The average Bonchev–Trinajstić information content (AvgIpc) is 2.94. The fourth-order valence-electron chi connectivity index (χ4n) is 2.12. The van der Waals surface area contributed by atoms with Crippen LogP contribution in [-0.2, 0) is 4.79 Å². The molecule has 1 aromatic rings. The van der Waals surface area contributed by atoms with E-state index in [0.717, 1.165) is 23.2 Å². The van der Waals surface area contributed by atoms with Crippen LogP contribution in [0, 0.1) is 5.92 Å². The van der Waals surface area contributed by atoms with Gasteiger partial charge in [-0.15, -0.1) is 10.2 Å². The van der Waals surface area contributed by atoms with Crippen LogP contribution in [0.4, 0.5) is 5.13 Å². The Morgan fingerprint density at radius 3 is 2.58 bits per heavy atom. The maximum absolute atomic E-state index is 12.0. The first-order valence-corrected chi connectivity index (χ1v) is 7.64. The Hall–Kier alpha value is -1.17. The lowest BCUT2D eigenvalue weighted by molar-refractivity contribution is -0.127. The molecule has 6 heteroatoms. The molecule has 1 saturated heterocycles. The molecule has 0 bridgehead atoms. The molecule has 1 aliphatic carbocycles. The molecule has 104 valence electrons. The summed E-state index contributed by atoms with van der Waals surface area (Å²) in [5, 5.41) is 13.6. The van der Waals surface area contributed by atoms with E-state index in [1.54, 1.807) is 11.3 Å². The van der Waals surface area contributed by atoms with E-state index in [1.807, 2.05) is 20.8 Å². The largest absolute Gasteiger partial charge is 0.351 e. The van der Waals surface area contributed by atoms with E-state index in [0.29, 0.717) is 5.92 Å². The molecule has 0 spiro atoms. The Kier molecular flexibility index (Phi) is 3.00. The molecule has 0 aromatic carbocycles. The van der Waals surface area contributed by atoms with Crippen LogP contribution in [0.5, 0.6) is 0 Å². The van der Waals surface area contributed by atoms with Crippen molar-refractivity contribution in [2.45, 2.75) is 45.1 Å². The number of hydrogen-bond donors (Lipinski definition) is 1. The summed E-state index contributed by atoms with van der Waals surface area (Å²) in [6, 6.07) is 0. The number of hydrogen-bond acceptors (Lipinski definition) is 5. The molecule has 1 saturated carbocycles. The molecule has 2 heterocycles. The molecular weight excluding hydrogens is 260 g/mol. The van der Waals surface area contributed by atoms with Gasteiger partial charge >= 0.3 is 0 Å². The highest BCUT2D eigenvalue weighted by molar-refractivity contribution is 7.15. The van der Waals surface area contributed by atoms with Gasteiger partial charge in [0, 0.05) is 24.5 Å². The van der Waals surface area contributed by atoms with Crippen LogP contribution in [0.25, 0.3) is 0 Å². The van der Waals surface area contributed by atoms with Crippen LogP contribution >= 0.6 is 11.3 Å². The Bertz CT molecular complexity index is 483. The summed E-state index contributed by atoms with van der Waals surface area (Å²) in [7, 11) is 0. The van der Waals surface area contributed by atoms with Crippen molar-refractivity contribution in [1.29, 1.82) is 0 Å². The number of carbonyl (C=O) groups is 1. The van der Waals surface area contributed by atoms with Crippen molar-refractivity contribution in [1.82, 2.24) is 15.5 Å². The first kappa shape index (κ1) is 12.8. The highest BCUT2D eigenvalue weighted by atomic mass is 32.1. The molecule has 3 rings (SSSR count). The predicted molar refractivity (Wildman–Crippen MR) is 75.5 cm³/mol. The molecule has 5 nitrogen and oxygen atoms in total. The summed E-state index contributed by atoms with van der Waals surface area (Å²) in [6.45, 7) is 7.55. The monoisotopic (exact) mass is 280 g/mol. The van der Waals surface area contributed by atoms with E-state index >= 15 is 0 Å². The van der Waals surface area contributed by atoms with E-state index < -0.39 is 0 Å². The second-order valence-corrected chi connectivity index (χ2v) is 7.53. The summed E-state index contributed by atoms with van der Waals surface area (Å²) in [5.74, 6) is 0.899. The van der Waals surface area contributed by atoms with E-state index in [4.69, 9.17) is 0 Å². The smallest absolute Gasteiger partial charge is 0.227 e. The van der Waals surface area contributed by atoms with Crippen LogP contribution in [-0.4, -0.2) is 34.7 Å². The number of amides is 1. The van der Waals surface area contributed by atoms with Gasteiger partial charge in [0.2, 0.25) is 11.0 Å². The number of anilines is 1. The molecular formula is C13H20N4OS. The summed E-state index contributed by atoms with van der Waals surface area (Å²) in [4.78, 5) is 14.1. The van der Waals surface area contributed by atoms with Crippen molar-refractivity contribution >= 4 is 22.4 Å². The summed E-state index contributed by atoms with van der Waals surface area (Å²) in [5.41, 5.74) is -0.153. The lowest BCUT2D eigenvalue weighted by Crippen LogP contribution is -2.56. The summed E-state index contributed by atoms with van der Waals surface area (Å²) in [6.07, 6.45) is 2.51. The summed E-state index contributed by atoms with van der Waals surface area (Å²) < 4.78 is 0. The van der Waals surface area contributed by atoms with Crippen molar-refractivity contribution in [2.24, 2.45) is 5.92 Å². The van der Waals surface area contributed by atoms with Gasteiger partial charge < -0.3 is 10.2 Å². The normalized spacial score (nSPS) is 20.3. The van der Waals surface area contributed by atoms with E-state index in [9.17, 15) is 4.79 Å². The van der Waals surface area contributed by atoms with Crippen LogP contribution in [0.1, 0.15) is 44.5 Å². The molecule has 1 aliphatic heterocycles. The topological polar surface area (TPSA) is 58.1 Å². The molecule has 0 unspecified atom stereocenters. The first-order valence-electron chi connectivity index (χ1n) is 6.83. The highest BCUT2D eigenvalue weighted by Crippen LogP contribution is 2.43. The molecule has 2 fully saturated rings. The van der Waals surface area contributed by atoms with Gasteiger partial charge in [-0.3, -0.25) is 4.79 Å². The van der Waals surface area contributed by atoms with Crippen molar-refractivity contribution in [2.75, 3.05) is 18.0 Å². The number of nitrogens with zero attached hydrogens (tertiary/aromatic N) is 3. The van der Waals surface area contributed by atoms with Gasteiger partial charge in [0.25, 0.3) is 0 Å². The van der Waals surface area contributed by atoms with Gasteiger partial charge in [0.05, 0.1) is 5.92 Å². The number of rotatable bonds is 3. The zero-order valence-electron chi connectivity index (χ0n) is 11.6. The van der Waals surface area contributed by atoms with Crippen molar-refractivity contribution in [3.8, 4) is 0 Å². The van der Waals surface area contributed by atoms with Gasteiger partial charge in [-0.25, -0.2) is 0 Å². The second kappa shape index (κ2) is 4.44. The van der Waals surface area contributed by atoms with E-state index in [2.05, 4.69) is 20.4 Å². The second-order valence-electron chi connectivity index (χ2n) is 6.54. The molecule has 1 N–H and O–H groups in total. The fraction of sp³-hybridized carbons (Fsp3) is 0.769. The molecule has 0 atom stereocenters. The standard InChI is InChI=1S/C13H20N4OS/c1-13(2,3)14-10(18)9-6-17(7-9)12-16-15-11(19-12)8-4-5-8/h8-9H,4-7H2,1-3H3,(H,14,18). The number of carbonyl (C=O) groups excluding carboxylic acids is 1. The lowest BCUT2D eigenvalue weighted by atomic mass is 9.98. The molecule has 2 aliphatic rings. The first-order chi connectivity index (χ1) is 8.92. The predicted octanol–water partition coefficient (Wildman–Crippen LogP) is 1.77. The van der Waals surface area contributed by atoms with Crippen molar-refractivity contribution in [3.05, 3.63) is 5.01 Å². The van der Waals surface area contributed by atoms with Crippen molar-refractivity contribution in [3.63, 3.8) is 0 Å². The highest BCUT2D eigenvalue weighted by Gasteiger charge is 2.36. The van der Waals surface area contributed by atoms with Crippen LogP contribution < -0.4 is 10.2 Å². The average molecular weight is 280 g/mol. The quantitative estimate of drug-likeness (QED) is 0.916. The number of aromatic nitrogens is 2. The third-order valence-electron chi connectivity index (χ3n) is 3.38. The van der Waals surface area contributed by atoms with Gasteiger partial charge in [-0.2, -0.15) is 0 Å². The van der Waals surface area contributed by atoms with Gasteiger partial charge in [-0.1, -0.05) is 11.3 Å². The Balaban J connectivity index is 1.52. The van der Waals surface area contributed by atoms with E-state index in [1.165, 1.54) is 12.8 Å². The van der Waals surface area contributed by atoms with Gasteiger partial charge in [-0.05, 0) is 33.6 Å². The molecule has 1 aromatic heterocycles. The molecule has 19 heavy (non-hydrogen) atoms. The molecule has 0 radical (unpaired) electrons.